The summed E-state index contributed by atoms with van der Waals surface area (Å²) < 4.78 is 7.50. The summed E-state index contributed by atoms with van der Waals surface area (Å²) in [4.78, 5) is 27.9. The van der Waals surface area contributed by atoms with E-state index in [4.69, 9.17) is 9.84 Å². The Bertz CT molecular complexity index is 1240. The summed E-state index contributed by atoms with van der Waals surface area (Å²) in [5.41, 5.74) is 4.67. The van der Waals surface area contributed by atoms with Crippen molar-refractivity contribution in [3.63, 3.8) is 0 Å². The van der Waals surface area contributed by atoms with Gasteiger partial charge in [0.05, 0.1) is 30.0 Å². The minimum absolute atomic E-state index is 0.0596. The Labute approximate surface area is 198 Å². The molecule has 0 aliphatic carbocycles. The van der Waals surface area contributed by atoms with E-state index in [9.17, 15) is 14.9 Å². The van der Waals surface area contributed by atoms with E-state index in [0.717, 1.165) is 54.4 Å². The molecule has 0 fully saturated rings. The molecular weight excluding hydrogens is 434 g/mol. The van der Waals surface area contributed by atoms with E-state index in [1.165, 1.54) is 6.07 Å². The molecule has 1 aliphatic heterocycles. The largest absolute Gasteiger partial charge is 0.494 e. The molecule has 0 bridgehead atoms. The standard InChI is InChI=1S/C25H29N5O4/c1-5-28-13-12-21-19(15-28)20(26-29(21)22-8-6-7-9-24(22)34-4)16-27(3)25(31)18-11-10-17(2)23(14-18)30(32)33/h6-11,14H,5,12-13,15-16H2,1-4H3. The second-order valence-corrected chi connectivity index (χ2v) is 8.49. The van der Waals surface area contributed by atoms with Gasteiger partial charge in [-0.1, -0.05) is 25.1 Å². The summed E-state index contributed by atoms with van der Waals surface area (Å²) in [7, 11) is 3.34. The fraction of sp³-hybridized carbons (Fsp3) is 0.360. The molecule has 178 valence electrons. The number of fused-ring (bicyclic) bond motifs is 1. The first-order valence-corrected chi connectivity index (χ1v) is 11.3. The minimum atomic E-state index is -0.462. The number of amides is 1. The first kappa shape index (κ1) is 23.4. The van der Waals surface area contributed by atoms with Gasteiger partial charge in [-0.05, 0) is 31.7 Å². The number of nitro benzene ring substituents is 1. The van der Waals surface area contributed by atoms with Crippen LogP contribution in [-0.4, -0.2) is 57.7 Å². The quantitative estimate of drug-likeness (QED) is 0.391. The molecule has 9 nitrogen and oxygen atoms in total. The van der Waals surface area contributed by atoms with Gasteiger partial charge in [-0.3, -0.25) is 19.8 Å². The van der Waals surface area contributed by atoms with Crippen LogP contribution in [0.15, 0.2) is 42.5 Å². The van der Waals surface area contributed by atoms with Gasteiger partial charge in [0, 0.05) is 49.3 Å². The van der Waals surface area contributed by atoms with Gasteiger partial charge in [-0.25, -0.2) is 4.68 Å². The smallest absolute Gasteiger partial charge is 0.273 e. The zero-order valence-corrected chi connectivity index (χ0v) is 19.9. The van der Waals surface area contributed by atoms with Crippen LogP contribution in [0.1, 0.15) is 39.8 Å². The van der Waals surface area contributed by atoms with E-state index in [0.29, 0.717) is 12.1 Å². The van der Waals surface area contributed by atoms with Crippen LogP contribution in [0.4, 0.5) is 5.69 Å². The number of methoxy groups -OCH3 is 1. The van der Waals surface area contributed by atoms with E-state index < -0.39 is 4.92 Å². The third-order valence-electron chi connectivity index (χ3n) is 6.37. The molecular formula is C25H29N5O4. The molecule has 0 saturated carbocycles. The Morgan fingerprint density at radius 3 is 2.74 bits per heavy atom. The number of rotatable bonds is 7. The number of hydrogen-bond acceptors (Lipinski definition) is 6. The highest BCUT2D eigenvalue weighted by molar-refractivity contribution is 5.94. The number of hydrogen-bond donors (Lipinski definition) is 0. The van der Waals surface area contributed by atoms with Crippen molar-refractivity contribution >= 4 is 11.6 Å². The van der Waals surface area contributed by atoms with Crippen LogP contribution < -0.4 is 4.74 Å². The topological polar surface area (TPSA) is 93.7 Å². The Morgan fingerprint density at radius 2 is 2.03 bits per heavy atom. The molecule has 0 radical (unpaired) electrons. The predicted octanol–water partition coefficient (Wildman–Crippen LogP) is 3.75. The monoisotopic (exact) mass is 463 g/mol. The van der Waals surface area contributed by atoms with Gasteiger partial charge in [-0.2, -0.15) is 5.10 Å². The number of nitro groups is 1. The van der Waals surface area contributed by atoms with Crippen LogP contribution in [0.2, 0.25) is 0 Å². The zero-order chi connectivity index (χ0) is 24.4. The van der Waals surface area contributed by atoms with Gasteiger partial charge in [0.25, 0.3) is 11.6 Å². The SMILES string of the molecule is CCN1CCc2c(c(CN(C)C(=O)c3ccc(C)c([N+](=O)[O-])c3)nn2-c2ccccc2OC)C1. The van der Waals surface area contributed by atoms with E-state index in [1.54, 1.807) is 38.1 Å². The maximum absolute atomic E-state index is 13.1. The third-order valence-corrected chi connectivity index (χ3v) is 6.37. The number of benzene rings is 2. The number of nitrogens with zero attached hydrogens (tertiary/aromatic N) is 5. The molecule has 0 atom stereocenters. The summed E-state index contributed by atoms with van der Waals surface area (Å²) in [6.45, 7) is 6.71. The van der Waals surface area contributed by atoms with Gasteiger partial charge in [0.15, 0.2) is 0 Å². The van der Waals surface area contributed by atoms with Crippen LogP contribution in [0.3, 0.4) is 0 Å². The maximum Gasteiger partial charge on any atom is 0.273 e. The van der Waals surface area contributed by atoms with Crippen molar-refractivity contribution in [3.8, 4) is 11.4 Å². The van der Waals surface area contributed by atoms with Gasteiger partial charge in [0.2, 0.25) is 0 Å². The van der Waals surface area contributed by atoms with Gasteiger partial charge < -0.3 is 9.64 Å². The van der Waals surface area contributed by atoms with Crippen LogP contribution in [-0.2, 0) is 19.5 Å². The molecule has 0 saturated heterocycles. The summed E-state index contributed by atoms with van der Waals surface area (Å²) in [5.74, 6) is 0.445. The van der Waals surface area contributed by atoms with E-state index in [2.05, 4.69) is 11.8 Å². The number of para-hydroxylation sites is 2. The molecule has 34 heavy (non-hydrogen) atoms. The number of carbonyl (C=O) groups excluding carboxylic acids is 1. The van der Waals surface area contributed by atoms with Crippen LogP contribution >= 0.6 is 0 Å². The van der Waals surface area contributed by atoms with Crippen LogP contribution in [0.25, 0.3) is 5.69 Å². The molecule has 2 aromatic carbocycles. The third kappa shape index (κ3) is 4.38. The molecule has 1 amide bonds. The first-order valence-electron chi connectivity index (χ1n) is 11.3. The van der Waals surface area contributed by atoms with Gasteiger partial charge in [-0.15, -0.1) is 0 Å². The molecule has 0 unspecified atom stereocenters. The second kappa shape index (κ2) is 9.64. The van der Waals surface area contributed by atoms with Crippen molar-refractivity contribution in [2.24, 2.45) is 0 Å². The zero-order valence-electron chi connectivity index (χ0n) is 19.9. The Morgan fingerprint density at radius 1 is 1.26 bits per heavy atom. The molecule has 0 N–H and O–H groups in total. The highest BCUT2D eigenvalue weighted by Crippen LogP contribution is 2.30. The van der Waals surface area contributed by atoms with Crippen molar-refractivity contribution in [3.05, 3.63) is 80.7 Å². The van der Waals surface area contributed by atoms with Crippen molar-refractivity contribution in [1.82, 2.24) is 19.6 Å². The lowest BCUT2D eigenvalue weighted by Crippen LogP contribution is -2.32. The summed E-state index contributed by atoms with van der Waals surface area (Å²) in [6, 6.07) is 12.3. The molecule has 3 aromatic rings. The van der Waals surface area contributed by atoms with Crippen LogP contribution in [0, 0.1) is 17.0 Å². The maximum atomic E-state index is 13.1. The van der Waals surface area contributed by atoms with Gasteiger partial charge in [0.1, 0.15) is 11.4 Å². The van der Waals surface area contributed by atoms with Crippen LogP contribution in [0.5, 0.6) is 5.75 Å². The number of aryl methyl sites for hydroxylation is 1. The lowest BCUT2D eigenvalue weighted by Gasteiger charge is -2.27. The molecule has 1 aliphatic rings. The van der Waals surface area contributed by atoms with Crippen molar-refractivity contribution in [1.29, 1.82) is 0 Å². The normalized spacial score (nSPS) is 13.4. The highest BCUT2D eigenvalue weighted by Gasteiger charge is 2.27. The fourth-order valence-electron chi connectivity index (χ4n) is 4.40. The summed E-state index contributed by atoms with van der Waals surface area (Å²) in [6.07, 6.45) is 0.843. The number of ether oxygens (including phenoxy) is 1. The van der Waals surface area contributed by atoms with Crippen molar-refractivity contribution < 1.29 is 14.5 Å². The molecule has 0 spiro atoms. The number of carbonyl (C=O) groups is 1. The van der Waals surface area contributed by atoms with Crippen molar-refractivity contribution in [2.75, 3.05) is 27.2 Å². The fourth-order valence-corrected chi connectivity index (χ4v) is 4.40. The average Bonchev–Trinajstić information content (AvgIpc) is 3.20. The molecule has 9 heteroatoms. The molecule has 1 aromatic heterocycles. The highest BCUT2D eigenvalue weighted by atomic mass is 16.6. The molecule has 4 rings (SSSR count). The lowest BCUT2D eigenvalue weighted by molar-refractivity contribution is -0.385. The molecule has 2 heterocycles. The summed E-state index contributed by atoms with van der Waals surface area (Å²) >= 11 is 0. The average molecular weight is 464 g/mol. The Balaban J connectivity index is 1.69. The van der Waals surface area contributed by atoms with E-state index in [-0.39, 0.29) is 17.2 Å². The van der Waals surface area contributed by atoms with E-state index >= 15 is 0 Å². The Kier molecular flexibility index (Phi) is 6.65. The Hall–Kier alpha value is -3.72. The predicted molar refractivity (Wildman–Crippen MR) is 128 cm³/mol. The van der Waals surface area contributed by atoms with Gasteiger partial charge >= 0.3 is 0 Å². The minimum Gasteiger partial charge on any atom is -0.494 e. The van der Waals surface area contributed by atoms with Crippen molar-refractivity contribution in [2.45, 2.75) is 33.4 Å². The summed E-state index contributed by atoms with van der Waals surface area (Å²) in [5, 5.41) is 16.2. The number of likely N-dealkylation sites (N-methyl/N-ethyl adjacent to an activating group) is 1. The second-order valence-electron chi connectivity index (χ2n) is 8.49. The lowest BCUT2D eigenvalue weighted by atomic mass is 10.0. The van der Waals surface area contributed by atoms with E-state index in [1.807, 2.05) is 28.9 Å². The first-order chi connectivity index (χ1) is 16.3. The number of aromatic nitrogens is 2.